The van der Waals surface area contributed by atoms with Gasteiger partial charge in [-0.15, -0.1) is 0 Å². The van der Waals surface area contributed by atoms with Crippen LogP contribution in [0.4, 0.5) is 11.4 Å². The number of anilines is 2. The molecular weight excluding hydrogens is 398 g/mol. The number of imide groups is 1. The van der Waals surface area contributed by atoms with Crippen LogP contribution in [0.2, 0.25) is 0 Å². The molecule has 3 amide bonds. The third-order valence-corrected chi connectivity index (χ3v) is 6.26. The van der Waals surface area contributed by atoms with Crippen molar-refractivity contribution in [2.75, 3.05) is 16.9 Å². The molecule has 0 aromatic heterocycles. The Balaban J connectivity index is 1.63. The number of hydrogen-bond acceptors (Lipinski definition) is 6. The van der Waals surface area contributed by atoms with Gasteiger partial charge in [0.1, 0.15) is 6.04 Å². The van der Waals surface area contributed by atoms with Gasteiger partial charge in [-0.1, -0.05) is 42.5 Å². The minimum Gasteiger partial charge on any atom is -0.465 e. The van der Waals surface area contributed by atoms with Crippen LogP contribution in [0.25, 0.3) is 6.08 Å². The average molecular weight is 417 g/mol. The summed E-state index contributed by atoms with van der Waals surface area (Å²) < 4.78 is 4.80. The average Bonchev–Trinajstić information content (AvgIpc) is 3.26. The number of nitrogens with zero attached hydrogens (tertiary/aromatic N) is 2. The van der Waals surface area contributed by atoms with E-state index in [4.69, 9.17) is 10.5 Å². The zero-order chi connectivity index (χ0) is 21.9. The first-order valence-electron chi connectivity index (χ1n) is 9.85. The lowest BCUT2D eigenvalue weighted by Crippen LogP contribution is -2.51. The highest BCUT2D eigenvalue weighted by atomic mass is 16.5. The summed E-state index contributed by atoms with van der Waals surface area (Å²) in [6.45, 7) is 0. The quantitative estimate of drug-likeness (QED) is 0.596. The van der Waals surface area contributed by atoms with Crippen LogP contribution in [0.3, 0.4) is 0 Å². The summed E-state index contributed by atoms with van der Waals surface area (Å²) in [5, 5.41) is 0. The summed E-state index contributed by atoms with van der Waals surface area (Å²) in [6, 6.07) is 12.2. The van der Waals surface area contributed by atoms with Gasteiger partial charge >= 0.3 is 5.97 Å². The van der Waals surface area contributed by atoms with Crippen molar-refractivity contribution in [2.45, 2.75) is 12.1 Å². The monoisotopic (exact) mass is 417 g/mol. The predicted molar refractivity (Wildman–Crippen MR) is 112 cm³/mol. The standard InChI is InChI=1S/C23H19N3O5/c1-31-23(30)13-7-3-5-9-15(13)26-21(28)17-16-11-10-12-6-2-4-8-14(12)25(16)19(20(24)27)18(17)22(26)29/h2-11,16-19H,1H3,(H2,24,27)/t16-,17-,18+,19-/m0/s1. The molecule has 0 saturated carbocycles. The van der Waals surface area contributed by atoms with Gasteiger partial charge in [0.05, 0.1) is 36.2 Å². The van der Waals surface area contributed by atoms with Gasteiger partial charge in [-0.2, -0.15) is 0 Å². The Hall–Kier alpha value is -3.94. The number of primary amides is 1. The Morgan fingerprint density at radius 1 is 0.935 bits per heavy atom. The summed E-state index contributed by atoms with van der Waals surface area (Å²) in [5.74, 6) is -4.08. The number of methoxy groups -OCH3 is 1. The first kappa shape index (κ1) is 19.0. The lowest BCUT2D eigenvalue weighted by atomic mass is 9.88. The number of ether oxygens (including phenoxy) is 1. The molecule has 0 aliphatic carbocycles. The summed E-state index contributed by atoms with van der Waals surface area (Å²) in [5.41, 5.74) is 7.64. The Morgan fingerprint density at radius 3 is 2.29 bits per heavy atom. The molecule has 2 aromatic rings. The normalized spacial score (nSPS) is 25.8. The van der Waals surface area contributed by atoms with Gasteiger partial charge < -0.3 is 15.4 Å². The van der Waals surface area contributed by atoms with E-state index in [1.54, 1.807) is 17.0 Å². The molecule has 0 unspecified atom stereocenters. The maximum Gasteiger partial charge on any atom is 0.339 e. The fraction of sp³-hybridized carbons (Fsp3) is 0.217. The van der Waals surface area contributed by atoms with E-state index in [1.807, 2.05) is 36.4 Å². The number of benzene rings is 2. The summed E-state index contributed by atoms with van der Waals surface area (Å²) in [6.07, 6.45) is 3.73. The van der Waals surface area contributed by atoms with Crippen LogP contribution in [0.15, 0.2) is 54.6 Å². The number of esters is 1. The van der Waals surface area contributed by atoms with E-state index in [0.717, 1.165) is 16.2 Å². The lowest BCUT2D eigenvalue weighted by molar-refractivity contribution is -0.127. The molecule has 0 radical (unpaired) electrons. The van der Waals surface area contributed by atoms with Crippen LogP contribution in [-0.2, 0) is 19.1 Å². The van der Waals surface area contributed by atoms with Gasteiger partial charge in [0.2, 0.25) is 17.7 Å². The number of rotatable bonds is 3. The summed E-state index contributed by atoms with van der Waals surface area (Å²) in [4.78, 5) is 54.6. The number of amides is 3. The van der Waals surface area contributed by atoms with E-state index in [-0.39, 0.29) is 11.3 Å². The molecule has 2 aromatic carbocycles. The molecule has 31 heavy (non-hydrogen) atoms. The van der Waals surface area contributed by atoms with Crippen molar-refractivity contribution >= 4 is 41.1 Å². The molecule has 156 valence electrons. The highest BCUT2D eigenvalue weighted by molar-refractivity contribution is 6.26. The first-order valence-corrected chi connectivity index (χ1v) is 9.85. The molecule has 3 aliphatic rings. The molecule has 5 rings (SSSR count). The van der Waals surface area contributed by atoms with Gasteiger partial charge in [0.15, 0.2) is 0 Å². The highest BCUT2D eigenvalue weighted by Crippen LogP contribution is 2.49. The van der Waals surface area contributed by atoms with E-state index < -0.39 is 47.6 Å². The molecule has 2 saturated heterocycles. The number of fused-ring (bicyclic) bond motifs is 5. The summed E-state index contributed by atoms with van der Waals surface area (Å²) in [7, 11) is 1.23. The second kappa shape index (κ2) is 6.80. The van der Waals surface area contributed by atoms with Crippen LogP contribution in [-0.4, -0.2) is 42.9 Å². The molecule has 2 fully saturated rings. The lowest BCUT2D eigenvalue weighted by Gasteiger charge is -2.36. The maximum atomic E-state index is 13.5. The Bertz CT molecular complexity index is 1170. The van der Waals surface area contributed by atoms with Crippen molar-refractivity contribution in [3.8, 4) is 0 Å². The third kappa shape index (κ3) is 2.54. The fourth-order valence-electron chi connectivity index (χ4n) is 5.03. The zero-order valence-electron chi connectivity index (χ0n) is 16.6. The Morgan fingerprint density at radius 2 is 1.58 bits per heavy atom. The molecule has 2 N–H and O–H groups in total. The van der Waals surface area contributed by atoms with Crippen LogP contribution in [0, 0.1) is 11.8 Å². The number of hydrogen-bond donors (Lipinski definition) is 1. The summed E-state index contributed by atoms with van der Waals surface area (Å²) >= 11 is 0. The van der Waals surface area contributed by atoms with Crippen LogP contribution < -0.4 is 15.5 Å². The smallest absolute Gasteiger partial charge is 0.339 e. The van der Waals surface area contributed by atoms with Crippen LogP contribution in [0.1, 0.15) is 15.9 Å². The van der Waals surface area contributed by atoms with E-state index in [2.05, 4.69) is 0 Å². The molecule has 0 spiro atoms. The van der Waals surface area contributed by atoms with E-state index >= 15 is 0 Å². The Kier molecular flexibility index (Phi) is 4.18. The number of carbonyl (C=O) groups excluding carboxylic acids is 4. The first-order chi connectivity index (χ1) is 15.0. The van der Waals surface area contributed by atoms with Gasteiger partial charge in [0, 0.05) is 5.69 Å². The minimum absolute atomic E-state index is 0.101. The molecule has 3 heterocycles. The molecule has 3 aliphatic heterocycles. The van der Waals surface area contributed by atoms with Crippen molar-refractivity contribution < 1.29 is 23.9 Å². The largest absolute Gasteiger partial charge is 0.465 e. The zero-order valence-corrected chi connectivity index (χ0v) is 16.6. The second-order valence-corrected chi connectivity index (χ2v) is 7.74. The Labute approximate surface area is 177 Å². The molecule has 8 heteroatoms. The van der Waals surface area contributed by atoms with E-state index in [9.17, 15) is 19.2 Å². The maximum absolute atomic E-state index is 13.5. The van der Waals surface area contributed by atoms with Crippen LogP contribution >= 0.6 is 0 Å². The van der Waals surface area contributed by atoms with Crippen molar-refractivity contribution in [3.05, 3.63) is 65.7 Å². The van der Waals surface area contributed by atoms with E-state index in [1.165, 1.54) is 19.2 Å². The number of carbonyl (C=O) groups is 4. The van der Waals surface area contributed by atoms with E-state index in [0.29, 0.717) is 0 Å². The van der Waals surface area contributed by atoms with Crippen molar-refractivity contribution in [3.63, 3.8) is 0 Å². The molecule has 0 bridgehead atoms. The van der Waals surface area contributed by atoms with Crippen LogP contribution in [0.5, 0.6) is 0 Å². The number of para-hydroxylation sites is 2. The fourth-order valence-corrected chi connectivity index (χ4v) is 5.03. The second-order valence-electron chi connectivity index (χ2n) is 7.74. The van der Waals surface area contributed by atoms with Gasteiger partial charge in [0.25, 0.3) is 0 Å². The number of nitrogens with two attached hydrogens (primary N) is 1. The van der Waals surface area contributed by atoms with Gasteiger partial charge in [-0.05, 0) is 23.8 Å². The third-order valence-electron chi connectivity index (χ3n) is 6.26. The highest BCUT2D eigenvalue weighted by Gasteiger charge is 2.64. The molecule has 8 nitrogen and oxygen atoms in total. The van der Waals surface area contributed by atoms with Crippen molar-refractivity contribution in [1.82, 2.24) is 0 Å². The topological polar surface area (TPSA) is 110 Å². The van der Waals surface area contributed by atoms with Crippen molar-refractivity contribution in [2.24, 2.45) is 17.6 Å². The molecule has 4 atom stereocenters. The predicted octanol–water partition coefficient (Wildman–Crippen LogP) is 1.35. The van der Waals surface area contributed by atoms with Gasteiger partial charge in [-0.25, -0.2) is 9.69 Å². The molecular formula is C23H19N3O5. The van der Waals surface area contributed by atoms with Gasteiger partial charge in [-0.3, -0.25) is 14.4 Å². The minimum atomic E-state index is -0.979. The van der Waals surface area contributed by atoms with Crippen molar-refractivity contribution in [1.29, 1.82) is 0 Å². The SMILES string of the molecule is COC(=O)c1ccccc1N1C(=O)[C@@H]2[C@@H](C1=O)[C@@H]1C=Cc3ccccc3N1[C@@H]2C(N)=O.